The summed E-state index contributed by atoms with van der Waals surface area (Å²) in [5, 5.41) is 66.5. The van der Waals surface area contributed by atoms with Crippen LogP contribution < -0.4 is 91.8 Å². The van der Waals surface area contributed by atoms with Crippen molar-refractivity contribution < 1.29 is 92.8 Å². The van der Waals surface area contributed by atoms with Crippen LogP contribution in [0.25, 0.3) is 64.6 Å². The monoisotopic (exact) mass is 1930 g/mol. The maximum atomic E-state index is 10.9. The van der Waals surface area contributed by atoms with Gasteiger partial charge in [-0.05, 0) is 219 Å². The fraction of sp³-hybridized carbons (Fsp3) is 0.209. The number of fused-ring (bicyclic) bond motifs is 6. The van der Waals surface area contributed by atoms with Gasteiger partial charge < -0.3 is 84.1 Å². The number of aliphatic imine (C=N–C) groups is 1. The Labute approximate surface area is 797 Å². The average Bonchev–Trinajstić information content (AvgIpc) is 1.43. The molecule has 0 unspecified atom stereocenters. The number of guanidine groups is 2. The number of non-ortho nitro benzene ring substituents is 1. The molecule has 6 fully saturated rings. The van der Waals surface area contributed by atoms with E-state index in [2.05, 4.69) is 248 Å². The van der Waals surface area contributed by atoms with Crippen molar-refractivity contribution in [1.29, 1.82) is 0 Å². The Bertz CT molecular complexity index is 5390. The van der Waals surface area contributed by atoms with Gasteiger partial charge in [0.15, 0.2) is 8.90 Å². The summed E-state index contributed by atoms with van der Waals surface area (Å²) in [5.41, 5.74) is 38.6. The van der Waals surface area contributed by atoms with Crippen molar-refractivity contribution in [3.63, 3.8) is 0 Å². The number of nitrogen functional groups attached to an aromatic ring is 1. The predicted molar refractivity (Wildman–Crippen MR) is 503 cm³/mol. The quantitative estimate of drug-likeness (QED) is 0.00546. The number of benzene rings is 12. The number of hydrazone groups is 2. The number of carbonyl (C=O) groups is 2. The molecule has 0 atom stereocenters. The zero-order valence-electron chi connectivity index (χ0n) is 66.7. The number of nitrogens with one attached hydrogen (secondary N) is 2. The maximum Gasteiger partial charge on any atom is 2.00 e. The van der Waals surface area contributed by atoms with E-state index in [4.69, 9.17) is 101 Å². The van der Waals surface area contributed by atoms with Crippen LogP contribution in [0.4, 0.5) is 27.1 Å². The number of nitrogens with zero attached hydrogens (tertiary/aromatic N) is 5. The number of anilines is 2. The van der Waals surface area contributed by atoms with Gasteiger partial charge in [-0.3, -0.25) is 19.9 Å². The molecule has 0 aliphatic heterocycles. The van der Waals surface area contributed by atoms with Crippen LogP contribution in [0.1, 0.15) is 136 Å². The Hall–Kier alpha value is -8.76. The molecule has 6 aliphatic carbocycles. The van der Waals surface area contributed by atoms with Gasteiger partial charge in [0.05, 0.1) is 29.7 Å². The molecule has 18 N–H and O–H groups in total. The molecule has 0 bridgehead atoms. The van der Waals surface area contributed by atoms with E-state index in [1.165, 1.54) is 148 Å². The molecule has 0 radical (unpaired) electrons. The molecule has 23 nitrogen and oxygen atoms in total. The third kappa shape index (κ3) is 37.9. The standard InChI is InChI=1S/C15H17N5S.C14H11NS.C13H11NO2.C13H13N.C13H12.C10H7Br.C3H5.C2H2O4.CCl2S.CH3F.CH6N4.BrH.2ClH.Mg.HNO3.Na.H2O/c16-14(17)19-20-15(21)18-13-8-7-10(9-5-6-9)11-3-1-2-4-12(11)13;16-9-15-14-8-7-11(10-5-6-10)12-3-1-2-4-13(12)14;15-14(16)13-8-7-10(9-5-6-9)11-3-1-2-4-12(11)13;14-13-8-7-10(9-5-6-9)11-3-1-2-4-12(11)13;1-2-6-12-10(4-1)5-3-7-13(12)11-8-9-11;11-10-7-3-5-8-4-1-2-6-9(8)10;1-2-3-1;3-1(4)2(5)6;2-1(3)4;1-2;2-1(3)5-4;;;;;2-1(3)4;;/h1-4,7-9H,5-6H2,(H4,16,17,19)(H2,18,20,21);1-4,7-8,10H,5-6H2;1-4,7-9H,5-6H2;1-4,7-9H,5-6,14H2;1-7,11H,8-9H2;1-7H;1H,2-3H2;(H,3,4)(H,5,6);;1H3;4H2,(H4,2,3,5);3*1H;;(H,2,3,4);;1H2/q;;;;;;-1;;;;;;;;+2;;+1;/p-2/i;;;;;;;;;1D;;;;;;;;. The Morgan fingerprint density at radius 3 is 1.25 bits per heavy atom. The van der Waals surface area contributed by atoms with Gasteiger partial charge in [0.1, 0.15) is 0 Å². The Morgan fingerprint density at radius 2 is 0.860 bits per heavy atom. The van der Waals surface area contributed by atoms with Crippen molar-refractivity contribution in [3.8, 4) is 0 Å². The minimum Gasteiger partial charge on any atom is -1.00 e. The molecule has 6 saturated carbocycles. The summed E-state index contributed by atoms with van der Waals surface area (Å²) in [6, 6.07) is 78.9. The summed E-state index contributed by atoms with van der Waals surface area (Å²) >= 11 is 27.0. The Kier molecular flexibility index (Phi) is 51.5. The molecule has 0 spiro atoms. The second kappa shape index (κ2) is 57.6. The number of hydrogen-bond donors (Lipinski definition) is 11. The molecule has 35 heteroatoms. The third-order valence-electron chi connectivity index (χ3n) is 18.0. The molecule has 6 aliphatic rings. The van der Waals surface area contributed by atoms with Crippen LogP contribution in [0.5, 0.6) is 0 Å². The van der Waals surface area contributed by atoms with E-state index in [9.17, 15) is 14.5 Å². The van der Waals surface area contributed by atoms with Gasteiger partial charge >= 0.3 is 64.5 Å². The number of isothiocyanates is 1. The first-order valence-electron chi connectivity index (χ1n) is 36.9. The van der Waals surface area contributed by atoms with Crippen LogP contribution in [0.15, 0.2) is 250 Å². The molecule has 0 aromatic heterocycles. The van der Waals surface area contributed by atoms with Gasteiger partial charge in [0, 0.05) is 38.1 Å². The summed E-state index contributed by atoms with van der Waals surface area (Å²) in [4.78, 5) is 41.3. The van der Waals surface area contributed by atoms with Gasteiger partial charge in [-0.25, -0.2) is 22.4 Å². The minimum absolute atomic E-state index is 0. The number of aliphatic carboxylic acids is 2. The van der Waals surface area contributed by atoms with E-state index in [0.717, 1.165) is 55.4 Å². The van der Waals surface area contributed by atoms with Crippen LogP contribution >= 0.6 is 101 Å². The Balaban J connectivity index is 0.000000690. The van der Waals surface area contributed by atoms with Gasteiger partial charge in [-0.15, -0.1) is 45.1 Å². The molecule has 0 heterocycles. The van der Waals surface area contributed by atoms with Crippen LogP contribution in [-0.4, -0.2) is 99.0 Å². The number of halogens is 7. The zero-order chi connectivity index (χ0) is 84.2. The van der Waals surface area contributed by atoms with Crippen molar-refractivity contribution in [2.24, 2.45) is 44.0 Å². The van der Waals surface area contributed by atoms with E-state index < -0.39 is 24.2 Å². The number of hydrogen-bond acceptors (Lipinski definition) is 15. The molecule has 12 aromatic rings. The zero-order valence-corrected chi connectivity index (χ0v) is 77.9. The van der Waals surface area contributed by atoms with E-state index in [1.54, 1.807) is 11.6 Å². The molecule has 121 heavy (non-hydrogen) atoms. The summed E-state index contributed by atoms with van der Waals surface area (Å²) in [6.45, 7) is 0. The van der Waals surface area contributed by atoms with Crippen LogP contribution in [-0.2, 0) is 9.59 Å². The number of nitrogens with two attached hydrogens (primary N) is 6. The van der Waals surface area contributed by atoms with E-state index in [-0.39, 0.29) is 126 Å². The average molecular weight is 1930 g/mol. The van der Waals surface area contributed by atoms with Crippen molar-refractivity contribution in [1.82, 2.24) is 5.43 Å². The molecule has 12 aromatic carbocycles. The SMILES string of the molecule is Brc1cccc2ccccc12.Cl.Cl.NC(N)=NNC(=S)Nc1ccc(C2CC2)c2ccccc12.NN=C(N)N.Nc1ccc(C2CC2)c2ccccc12.O=C(O)C(=O)O.O=[N+]([O-])O.O=[N+]([O-])c1ccc(C2CC2)c2ccccc12.S=C(Cl)Cl.S=C=Nc1ccc(C2CC2)c2ccccc12.[2H]CF.[Br-].[CH-]1CC1.[Mg+2].[Na+].[OH-].c1ccc2c(C3CC3)cccc2c1. The third-order valence-corrected chi connectivity index (χ3v) is 19.0. The van der Waals surface area contributed by atoms with Gasteiger partial charge in [0.25, 0.3) is 10.8 Å². The smallest absolute Gasteiger partial charge is 1.00 e. The number of nitro groups is 1. The van der Waals surface area contributed by atoms with E-state index in [0.29, 0.717) is 16.9 Å². The molecular formula is C86H91Br2Cl4FMgN13NaO10S3. The van der Waals surface area contributed by atoms with Crippen LogP contribution in [0.2, 0.25) is 0 Å². The second-order valence-electron chi connectivity index (χ2n) is 26.4. The maximum absolute atomic E-state index is 10.9. The fourth-order valence-corrected chi connectivity index (χ4v) is 12.9. The molecule has 0 amide bonds. The summed E-state index contributed by atoms with van der Waals surface area (Å²) in [7, 11) is -1.00. The topological polar surface area (TPSA) is 428 Å². The summed E-state index contributed by atoms with van der Waals surface area (Å²) in [5.74, 6) is 4.43. The van der Waals surface area contributed by atoms with Crippen LogP contribution in [0.3, 0.4) is 0 Å². The van der Waals surface area contributed by atoms with Crippen molar-refractivity contribution in [2.75, 3.05) is 18.2 Å². The molecular weight excluding hydrogens is 1840 g/mol. The minimum atomic E-state index is -1.82. The summed E-state index contributed by atoms with van der Waals surface area (Å²) in [6.07, 6.45) is 18.1. The number of carboxylic acid groups (broad SMARTS) is 2. The number of alkyl halides is 1. The van der Waals surface area contributed by atoms with Crippen molar-refractivity contribution in [3.05, 3.63) is 289 Å². The predicted octanol–water partition coefficient (Wildman–Crippen LogP) is 15.4. The number of nitro benzene ring substituents is 1. The van der Waals surface area contributed by atoms with Crippen molar-refractivity contribution >= 4 is 249 Å². The van der Waals surface area contributed by atoms with Gasteiger partial charge in [-0.1, -0.05) is 245 Å². The summed E-state index contributed by atoms with van der Waals surface area (Å²) < 4.78 is 16.6. The Morgan fingerprint density at radius 1 is 0.545 bits per heavy atom. The normalized spacial score (nSPS) is 12.7. The largest absolute Gasteiger partial charge is 2.00 e. The molecule has 630 valence electrons. The van der Waals surface area contributed by atoms with Gasteiger partial charge in [0.2, 0.25) is 11.9 Å². The fourth-order valence-electron chi connectivity index (χ4n) is 12.1. The first-order chi connectivity index (χ1) is 55.8. The first-order valence-corrected chi connectivity index (χ1v) is 39.0. The first kappa shape index (κ1) is 108. The number of rotatable bonds is 9. The second-order valence-corrected chi connectivity index (χ2v) is 29.7. The molecule has 0 saturated heterocycles. The van der Waals surface area contributed by atoms with Gasteiger partial charge in [-0.2, -0.15) is 4.99 Å². The van der Waals surface area contributed by atoms with E-state index in [1.807, 2.05) is 60.7 Å². The number of carboxylic acids is 2. The van der Waals surface area contributed by atoms with E-state index >= 15 is 0 Å². The van der Waals surface area contributed by atoms with Crippen molar-refractivity contribution in [2.45, 2.75) is 107 Å². The molecule has 18 rings (SSSR count). The van der Waals surface area contributed by atoms with Crippen LogP contribution in [0, 0.1) is 26.6 Å². The number of thiocarbonyl (C=S) groups is 3.